The van der Waals surface area contributed by atoms with Gasteiger partial charge in [-0.3, -0.25) is 19.6 Å². The van der Waals surface area contributed by atoms with Gasteiger partial charge in [0, 0.05) is 50.1 Å². The molecule has 0 unspecified atom stereocenters. The number of benzene rings is 2. The molecule has 2 aromatic carbocycles. The number of nitrogens with zero attached hydrogens (tertiary/aromatic N) is 5. The van der Waals surface area contributed by atoms with Gasteiger partial charge >= 0.3 is 6.03 Å². The second-order valence-corrected chi connectivity index (χ2v) is 9.89. The molecule has 3 amide bonds. The Balaban J connectivity index is 1.14. The van der Waals surface area contributed by atoms with Gasteiger partial charge in [-0.05, 0) is 42.9 Å². The Labute approximate surface area is 220 Å². The van der Waals surface area contributed by atoms with Crippen LogP contribution < -0.4 is 10.1 Å². The highest BCUT2D eigenvalue weighted by atomic mass is 16.6. The Bertz CT molecular complexity index is 1350. The van der Waals surface area contributed by atoms with Gasteiger partial charge in [0.05, 0.1) is 23.4 Å². The number of anilines is 1. The highest BCUT2D eigenvalue weighted by molar-refractivity contribution is 5.91. The molecule has 11 heteroatoms. The van der Waals surface area contributed by atoms with E-state index in [1.54, 1.807) is 36.2 Å². The Morgan fingerprint density at radius 3 is 2.53 bits per heavy atom. The van der Waals surface area contributed by atoms with E-state index in [-0.39, 0.29) is 29.6 Å². The number of nitro groups is 1. The third-order valence-corrected chi connectivity index (χ3v) is 7.54. The minimum Gasteiger partial charge on any atom is -0.495 e. The Morgan fingerprint density at radius 2 is 1.79 bits per heavy atom. The van der Waals surface area contributed by atoms with E-state index >= 15 is 0 Å². The molecule has 3 aromatic rings. The summed E-state index contributed by atoms with van der Waals surface area (Å²) in [6.07, 6.45) is 4.32. The number of carbonyl (C=O) groups excluding carboxylic acids is 2. The average Bonchev–Trinajstić information content (AvgIpc) is 3.57. The number of hydrogen-bond donors (Lipinski definition) is 1. The lowest BCUT2D eigenvalue weighted by atomic mass is 9.78. The number of methoxy groups -OCH3 is 1. The number of likely N-dealkylation sites (tertiary alicyclic amines) is 2. The van der Waals surface area contributed by atoms with E-state index in [0.717, 1.165) is 19.3 Å². The van der Waals surface area contributed by atoms with Crippen LogP contribution in [0.3, 0.4) is 0 Å². The van der Waals surface area contributed by atoms with Gasteiger partial charge in [-0.15, -0.1) is 0 Å². The van der Waals surface area contributed by atoms with Gasteiger partial charge in [0.25, 0.3) is 5.69 Å². The van der Waals surface area contributed by atoms with Gasteiger partial charge in [0.1, 0.15) is 12.3 Å². The predicted octanol–water partition coefficient (Wildman–Crippen LogP) is 4.01. The summed E-state index contributed by atoms with van der Waals surface area (Å²) in [5, 5.41) is 18.5. The van der Waals surface area contributed by atoms with Crippen LogP contribution in [0.2, 0.25) is 0 Å². The second kappa shape index (κ2) is 10.5. The molecule has 198 valence electrons. The van der Waals surface area contributed by atoms with Crippen LogP contribution in [-0.4, -0.2) is 69.7 Å². The molecule has 3 heterocycles. The third-order valence-electron chi connectivity index (χ3n) is 7.54. The standard InChI is InChI=1S/C27H30N6O5/c1-38-24-8-3-2-7-23(24)28-26(35)30-14-10-27(11-15-30)12-16-31(19-27)25(34)18-32-13-9-22(29-32)20-5-4-6-21(17-20)33(36)37/h2-9,13,17H,10-12,14-16,18-19H2,1H3,(H,28,35). The molecule has 2 aliphatic rings. The number of aromatic nitrogens is 2. The summed E-state index contributed by atoms with van der Waals surface area (Å²) in [4.78, 5) is 40.2. The van der Waals surface area contributed by atoms with Crippen molar-refractivity contribution in [2.45, 2.75) is 25.8 Å². The van der Waals surface area contributed by atoms with Crippen LogP contribution in [-0.2, 0) is 11.3 Å². The molecule has 1 aromatic heterocycles. The topological polar surface area (TPSA) is 123 Å². The third kappa shape index (κ3) is 5.31. The molecule has 2 saturated heterocycles. The van der Waals surface area contributed by atoms with Crippen molar-refractivity contribution in [3.8, 4) is 17.0 Å². The number of amides is 3. The minimum absolute atomic E-state index is 0.00110. The zero-order chi connectivity index (χ0) is 26.7. The van der Waals surface area contributed by atoms with Crippen molar-refractivity contribution in [1.29, 1.82) is 0 Å². The molecule has 1 spiro atoms. The highest BCUT2D eigenvalue weighted by Gasteiger charge is 2.42. The summed E-state index contributed by atoms with van der Waals surface area (Å²) in [6, 6.07) is 15.2. The van der Waals surface area contributed by atoms with Gasteiger partial charge in [0.15, 0.2) is 0 Å². The van der Waals surface area contributed by atoms with Gasteiger partial charge < -0.3 is 19.9 Å². The SMILES string of the molecule is COc1ccccc1NC(=O)N1CCC2(CCN(C(=O)Cn3ccc(-c4cccc([N+](=O)[O-])c4)n3)C2)CC1. The smallest absolute Gasteiger partial charge is 0.321 e. The van der Waals surface area contributed by atoms with Crippen molar-refractivity contribution in [2.24, 2.45) is 5.41 Å². The van der Waals surface area contributed by atoms with E-state index in [1.807, 2.05) is 34.1 Å². The first-order chi connectivity index (χ1) is 18.4. The van der Waals surface area contributed by atoms with Crippen molar-refractivity contribution < 1.29 is 19.2 Å². The van der Waals surface area contributed by atoms with E-state index in [2.05, 4.69) is 10.4 Å². The normalized spacial score (nSPS) is 16.4. The molecule has 0 aliphatic carbocycles. The fraction of sp³-hybridized carbons (Fsp3) is 0.370. The van der Waals surface area contributed by atoms with E-state index in [0.29, 0.717) is 48.9 Å². The Morgan fingerprint density at radius 1 is 1.05 bits per heavy atom. The van der Waals surface area contributed by atoms with Crippen LogP contribution in [0.4, 0.5) is 16.2 Å². The van der Waals surface area contributed by atoms with Crippen LogP contribution >= 0.6 is 0 Å². The second-order valence-electron chi connectivity index (χ2n) is 9.89. The monoisotopic (exact) mass is 518 g/mol. The van der Waals surface area contributed by atoms with Gasteiger partial charge in [-0.2, -0.15) is 5.10 Å². The molecule has 0 bridgehead atoms. The first kappa shape index (κ1) is 25.2. The Kier molecular flexibility index (Phi) is 6.99. The molecule has 38 heavy (non-hydrogen) atoms. The van der Waals surface area contributed by atoms with Crippen molar-refractivity contribution in [3.05, 3.63) is 70.9 Å². The number of piperidine rings is 1. The van der Waals surface area contributed by atoms with Gasteiger partial charge in [-0.1, -0.05) is 24.3 Å². The quantitative estimate of drug-likeness (QED) is 0.389. The zero-order valence-electron chi connectivity index (χ0n) is 21.2. The van der Waals surface area contributed by atoms with E-state index in [1.165, 1.54) is 12.1 Å². The summed E-state index contributed by atoms with van der Waals surface area (Å²) >= 11 is 0. The van der Waals surface area contributed by atoms with Crippen molar-refractivity contribution in [3.63, 3.8) is 0 Å². The largest absolute Gasteiger partial charge is 0.495 e. The van der Waals surface area contributed by atoms with Crippen LogP contribution in [0.15, 0.2) is 60.8 Å². The number of para-hydroxylation sites is 2. The summed E-state index contributed by atoms with van der Waals surface area (Å²) < 4.78 is 6.90. The molecule has 2 fully saturated rings. The number of non-ortho nitro benzene ring substituents is 1. The van der Waals surface area contributed by atoms with Crippen molar-refractivity contribution in [2.75, 3.05) is 38.6 Å². The van der Waals surface area contributed by atoms with Gasteiger partial charge in [0.2, 0.25) is 5.91 Å². The molecule has 2 aliphatic heterocycles. The summed E-state index contributed by atoms with van der Waals surface area (Å²) in [7, 11) is 1.57. The minimum atomic E-state index is -0.440. The highest BCUT2D eigenvalue weighted by Crippen LogP contribution is 2.40. The number of nitrogens with one attached hydrogen (secondary N) is 1. The fourth-order valence-electron chi connectivity index (χ4n) is 5.30. The van der Waals surface area contributed by atoms with Crippen molar-refractivity contribution in [1.82, 2.24) is 19.6 Å². The lowest BCUT2D eigenvalue weighted by Gasteiger charge is -2.39. The van der Waals surface area contributed by atoms with Crippen LogP contribution in [0, 0.1) is 15.5 Å². The number of rotatable bonds is 6. The zero-order valence-corrected chi connectivity index (χ0v) is 21.2. The summed E-state index contributed by atoms with van der Waals surface area (Å²) in [6.45, 7) is 2.74. The fourth-order valence-corrected chi connectivity index (χ4v) is 5.30. The van der Waals surface area contributed by atoms with Crippen LogP contribution in [0.5, 0.6) is 5.75 Å². The molecular weight excluding hydrogens is 488 g/mol. The molecule has 5 rings (SSSR count). The molecule has 1 N–H and O–H groups in total. The number of nitro benzene ring substituents is 1. The molecule has 11 nitrogen and oxygen atoms in total. The van der Waals surface area contributed by atoms with Crippen LogP contribution in [0.1, 0.15) is 19.3 Å². The lowest BCUT2D eigenvalue weighted by molar-refractivity contribution is -0.384. The van der Waals surface area contributed by atoms with E-state index in [9.17, 15) is 19.7 Å². The van der Waals surface area contributed by atoms with E-state index in [4.69, 9.17) is 4.74 Å². The summed E-state index contributed by atoms with van der Waals surface area (Å²) in [5.41, 5.74) is 1.88. The molecular formula is C27H30N6O5. The first-order valence-electron chi connectivity index (χ1n) is 12.6. The predicted molar refractivity (Wildman–Crippen MR) is 141 cm³/mol. The van der Waals surface area contributed by atoms with E-state index < -0.39 is 4.92 Å². The Hall–Kier alpha value is -4.41. The summed E-state index contributed by atoms with van der Waals surface area (Å²) in [5.74, 6) is 0.612. The van der Waals surface area contributed by atoms with Crippen molar-refractivity contribution >= 4 is 23.3 Å². The number of hydrogen-bond acceptors (Lipinski definition) is 6. The maximum atomic E-state index is 13.1. The lowest BCUT2D eigenvalue weighted by Crippen LogP contribution is -2.46. The number of carbonyl (C=O) groups is 2. The first-order valence-corrected chi connectivity index (χ1v) is 12.6. The maximum Gasteiger partial charge on any atom is 0.321 e. The van der Waals surface area contributed by atoms with Gasteiger partial charge in [-0.25, -0.2) is 4.79 Å². The molecule has 0 radical (unpaired) electrons. The average molecular weight is 519 g/mol. The number of urea groups is 1. The maximum absolute atomic E-state index is 13.1. The number of ether oxygens (including phenoxy) is 1. The molecule has 0 atom stereocenters. The molecule has 0 saturated carbocycles. The van der Waals surface area contributed by atoms with Crippen LogP contribution in [0.25, 0.3) is 11.3 Å².